The molecule has 0 aliphatic heterocycles. The molecule has 4 nitrogen and oxygen atoms in total. The van der Waals surface area contributed by atoms with Crippen molar-refractivity contribution in [1.82, 2.24) is 0 Å². The molecule has 4 aliphatic rings. The first-order chi connectivity index (χ1) is 14.8. The molecule has 0 aromatic heterocycles. The van der Waals surface area contributed by atoms with Gasteiger partial charge in [0.25, 0.3) is 0 Å². The first-order valence-electron chi connectivity index (χ1n) is 12.5. The molecule has 1 unspecified atom stereocenters. The van der Waals surface area contributed by atoms with Crippen LogP contribution in [-0.2, 0) is 14.3 Å². The van der Waals surface area contributed by atoms with Gasteiger partial charge in [0, 0.05) is 24.2 Å². The van der Waals surface area contributed by atoms with Crippen molar-refractivity contribution < 1.29 is 19.4 Å². The number of unbranched alkanes of at least 4 members (excludes halogenated alkanes) is 3. The molecule has 4 heteroatoms. The van der Waals surface area contributed by atoms with Gasteiger partial charge in [-0.1, -0.05) is 44.6 Å². The first-order valence-corrected chi connectivity index (χ1v) is 12.5. The Hall–Kier alpha value is -1.60. The molecule has 7 atom stereocenters. The molecule has 170 valence electrons. The van der Waals surface area contributed by atoms with Crippen LogP contribution in [0.3, 0.4) is 0 Å². The lowest BCUT2D eigenvalue weighted by atomic mass is 9.50. The lowest BCUT2D eigenvalue weighted by Gasteiger charge is -2.55. The standard InChI is InChI=1S/C27H38O4/c1-4-6-7-8-9-24(29)31-23-17-19(28)16-18-10-11-20-21(25(18)23)12-14-26(3)22(20)13-15-27(26,30)5-2/h2,16,20-23,25,30H,4,6-15,17H2,1,3H3/t20-,21+,22+,23?,25+,26+,27+/m1/s1. The van der Waals surface area contributed by atoms with Crippen LogP contribution < -0.4 is 0 Å². The predicted molar refractivity (Wildman–Crippen MR) is 120 cm³/mol. The monoisotopic (exact) mass is 426 g/mol. The van der Waals surface area contributed by atoms with Crippen LogP contribution in [0.5, 0.6) is 0 Å². The second-order valence-corrected chi connectivity index (χ2v) is 10.7. The number of rotatable bonds is 6. The van der Waals surface area contributed by atoms with Gasteiger partial charge in [0.1, 0.15) is 11.7 Å². The van der Waals surface area contributed by atoms with Gasteiger partial charge < -0.3 is 9.84 Å². The molecule has 1 N–H and O–H groups in total. The highest BCUT2D eigenvalue weighted by atomic mass is 16.5. The second kappa shape index (κ2) is 8.74. The summed E-state index contributed by atoms with van der Waals surface area (Å²) < 4.78 is 5.98. The Balaban J connectivity index is 1.51. The average molecular weight is 427 g/mol. The average Bonchev–Trinajstić information content (AvgIpc) is 3.02. The Morgan fingerprint density at radius 3 is 2.77 bits per heavy atom. The number of carbonyl (C=O) groups excluding carboxylic acids is 2. The Morgan fingerprint density at radius 2 is 2.03 bits per heavy atom. The van der Waals surface area contributed by atoms with Crippen molar-refractivity contribution in [3.05, 3.63) is 11.6 Å². The Kier molecular flexibility index (Phi) is 6.37. The van der Waals surface area contributed by atoms with Crippen molar-refractivity contribution in [2.45, 2.75) is 103 Å². The van der Waals surface area contributed by atoms with E-state index in [9.17, 15) is 14.7 Å². The van der Waals surface area contributed by atoms with E-state index >= 15 is 0 Å². The lowest BCUT2D eigenvalue weighted by Crippen LogP contribution is -2.54. The van der Waals surface area contributed by atoms with Gasteiger partial charge in [-0.05, 0) is 68.8 Å². The number of terminal acetylenes is 1. The van der Waals surface area contributed by atoms with Gasteiger partial charge in [-0.15, -0.1) is 6.42 Å². The van der Waals surface area contributed by atoms with Crippen molar-refractivity contribution in [3.8, 4) is 12.3 Å². The van der Waals surface area contributed by atoms with Gasteiger partial charge in [-0.25, -0.2) is 0 Å². The van der Waals surface area contributed by atoms with Gasteiger partial charge in [0.05, 0.1) is 0 Å². The van der Waals surface area contributed by atoms with Crippen LogP contribution >= 0.6 is 0 Å². The molecule has 0 saturated heterocycles. The van der Waals surface area contributed by atoms with Gasteiger partial charge in [0.15, 0.2) is 5.78 Å². The third-order valence-corrected chi connectivity index (χ3v) is 9.21. The van der Waals surface area contributed by atoms with Crippen LogP contribution in [0.15, 0.2) is 11.6 Å². The highest BCUT2D eigenvalue weighted by Gasteiger charge is 2.62. The summed E-state index contributed by atoms with van der Waals surface area (Å²) >= 11 is 0. The second-order valence-electron chi connectivity index (χ2n) is 10.7. The molecular formula is C27H38O4. The van der Waals surface area contributed by atoms with Crippen LogP contribution in [0, 0.1) is 41.4 Å². The number of aliphatic hydroxyl groups is 1. The Labute approximate surface area is 187 Å². The molecule has 31 heavy (non-hydrogen) atoms. The number of ether oxygens (including phenoxy) is 1. The number of fused-ring (bicyclic) bond motifs is 5. The van der Waals surface area contributed by atoms with Gasteiger partial charge in [-0.3, -0.25) is 9.59 Å². The molecule has 3 fully saturated rings. The predicted octanol–water partition coefficient (Wildman–Crippen LogP) is 4.98. The van der Waals surface area contributed by atoms with Crippen LogP contribution in [0.25, 0.3) is 0 Å². The highest BCUT2D eigenvalue weighted by molar-refractivity contribution is 5.92. The van der Waals surface area contributed by atoms with Crippen LogP contribution in [0.4, 0.5) is 0 Å². The molecule has 0 radical (unpaired) electrons. The minimum atomic E-state index is -1.01. The van der Waals surface area contributed by atoms with Crippen LogP contribution in [-0.4, -0.2) is 28.6 Å². The van der Waals surface area contributed by atoms with Crippen LogP contribution in [0.2, 0.25) is 0 Å². The lowest BCUT2D eigenvalue weighted by molar-refractivity contribution is -0.157. The first kappa shape index (κ1) is 22.6. The van der Waals surface area contributed by atoms with E-state index < -0.39 is 5.60 Å². The van der Waals surface area contributed by atoms with Gasteiger partial charge >= 0.3 is 5.97 Å². The smallest absolute Gasteiger partial charge is 0.306 e. The third kappa shape index (κ3) is 3.88. The summed E-state index contributed by atoms with van der Waals surface area (Å²) in [6, 6.07) is 0. The van der Waals surface area contributed by atoms with Crippen molar-refractivity contribution in [2.75, 3.05) is 0 Å². The van der Waals surface area contributed by atoms with E-state index in [2.05, 4.69) is 19.8 Å². The zero-order valence-electron chi connectivity index (χ0n) is 19.2. The van der Waals surface area contributed by atoms with E-state index in [0.717, 1.165) is 57.8 Å². The summed E-state index contributed by atoms with van der Waals surface area (Å²) in [5.74, 6) is 4.11. The van der Waals surface area contributed by atoms with Crippen molar-refractivity contribution in [1.29, 1.82) is 0 Å². The maximum Gasteiger partial charge on any atom is 0.306 e. The molecule has 0 amide bonds. The molecule has 0 aromatic rings. The molecule has 0 bridgehead atoms. The fourth-order valence-electron chi connectivity index (χ4n) is 7.52. The summed E-state index contributed by atoms with van der Waals surface area (Å²) in [5, 5.41) is 11.1. The molecular weight excluding hydrogens is 388 g/mol. The zero-order valence-corrected chi connectivity index (χ0v) is 19.2. The van der Waals surface area contributed by atoms with E-state index in [1.54, 1.807) is 0 Å². The van der Waals surface area contributed by atoms with E-state index in [-0.39, 0.29) is 29.2 Å². The number of carbonyl (C=O) groups is 2. The molecule has 0 spiro atoms. The maximum absolute atomic E-state index is 12.6. The largest absolute Gasteiger partial charge is 0.461 e. The molecule has 4 aliphatic carbocycles. The Morgan fingerprint density at radius 1 is 1.23 bits per heavy atom. The quantitative estimate of drug-likeness (QED) is 0.369. The number of hydrogen-bond acceptors (Lipinski definition) is 4. The van der Waals surface area contributed by atoms with Crippen LogP contribution in [0.1, 0.15) is 90.9 Å². The third-order valence-electron chi connectivity index (χ3n) is 9.21. The molecule has 0 aromatic carbocycles. The van der Waals surface area contributed by atoms with Gasteiger partial charge in [0.2, 0.25) is 0 Å². The number of esters is 1. The zero-order chi connectivity index (χ0) is 22.2. The van der Waals surface area contributed by atoms with Gasteiger partial charge in [-0.2, -0.15) is 0 Å². The summed E-state index contributed by atoms with van der Waals surface area (Å²) in [6.07, 6.45) is 17.7. The summed E-state index contributed by atoms with van der Waals surface area (Å²) in [4.78, 5) is 25.0. The normalized spacial score (nSPS) is 41.4. The minimum Gasteiger partial charge on any atom is -0.461 e. The summed E-state index contributed by atoms with van der Waals surface area (Å²) in [5.41, 5.74) is -0.0544. The van der Waals surface area contributed by atoms with Crippen molar-refractivity contribution >= 4 is 11.8 Å². The fraction of sp³-hybridized carbons (Fsp3) is 0.778. The number of hydrogen-bond donors (Lipinski definition) is 1. The van der Waals surface area contributed by atoms with Crippen molar-refractivity contribution in [2.24, 2.45) is 29.1 Å². The molecule has 4 rings (SSSR count). The number of ketones is 1. The van der Waals surface area contributed by atoms with E-state index in [4.69, 9.17) is 11.2 Å². The van der Waals surface area contributed by atoms with Crippen molar-refractivity contribution in [3.63, 3.8) is 0 Å². The topological polar surface area (TPSA) is 63.6 Å². The summed E-state index contributed by atoms with van der Waals surface area (Å²) in [6.45, 7) is 4.34. The van der Waals surface area contributed by atoms with E-state index in [1.807, 2.05) is 6.08 Å². The maximum atomic E-state index is 12.6. The highest BCUT2D eigenvalue weighted by Crippen LogP contribution is 2.64. The minimum absolute atomic E-state index is 0.0942. The van der Waals surface area contributed by atoms with E-state index in [0.29, 0.717) is 37.0 Å². The SMILES string of the molecule is C#C[C@]1(O)CC[C@H]2[C@@H]3CCC4=CC(=O)CC(OC(=O)CCCCCC)[C@@H]4[C@H]3CC[C@@]21C. The van der Waals surface area contributed by atoms with E-state index in [1.165, 1.54) is 5.57 Å². The Bertz CT molecular complexity index is 792. The summed E-state index contributed by atoms with van der Waals surface area (Å²) in [7, 11) is 0. The fourth-order valence-corrected chi connectivity index (χ4v) is 7.52. The molecule has 0 heterocycles. The molecule has 3 saturated carbocycles.